The van der Waals surface area contributed by atoms with Gasteiger partial charge < -0.3 is 23.6 Å². The van der Waals surface area contributed by atoms with E-state index in [9.17, 15) is 19.2 Å². The van der Waals surface area contributed by atoms with Crippen LogP contribution < -0.4 is 15.8 Å². The number of aryl methyl sites for hydroxylation is 1. The van der Waals surface area contributed by atoms with E-state index in [0.29, 0.717) is 0 Å². The number of carbonyl (C=O) groups excluding carboxylic acids is 3. The van der Waals surface area contributed by atoms with Crippen molar-refractivity contribution in [3.05, 3.63) is 22.1 Å². The van der Waals surface area contributed by atoms with Crippen LogP contribution in [-0.4, -0.2) is 42.9 Å². The number of rotatable bonds is 9. The Morgan fingerprint density at radius 2 is 2.00 bits per heavy atom. The van der Waals surface area contributed by atoms with Gasteiger partial charge in [-0.1, -0.05) is 0 Å². The molecule has 0 saturated carbocycles. The number of nitrogens with zero attached hydrogens (tertiary/aromatic N) is 1. The first-order valence-electron chi connectivity index (χ1n) is 7.78. The van der Waals surface area contributed by atoms with Crippen molar-refractivity contribution in [2.75, 3.05) is 0 Å². The molecule has 0 aliphatic carbocycles. The van der Waals surface area contributed by atoms with Crippen molar-refractivity contribution >= 4 is 30.8 Å². The normalized spacial score (nSPS) is 11.4. The van der Waals surface area contributed by atoms with Gasteiger partial charge in [-0.3, -0.25) is 4.79 Å². The quantitative estimate of drug-likeness (QED) is 0.372. The number of alkyl carbamates (subject to hydrolysis) is 1. The smallest absolute Gasteiger partial charge is 0.461 e. The zero-order valence-corrected chi connectivity index (χ0v) is 14.8. The minimum Gasteiger partial charge on any atom is -0.461 e. The average Bonchev–Trinajstić information content (AvgIpc) is 2.86. The maximum Gasteiger partial charge on any atom is 0.519 e. The Hall–Kier alpha value is -3.13. The minimum atomic E-state index is -1.09. The minimum absolute atomic E-state index is 0.00860. The summed E-state index contributed by atoms with van der Waals surface area (Å²) in [4.78, 5) is 46.4. The summed E-state index contributed by atoms with van der Waals surface area (Å²) in [5.41, 5.74) is 0. The summed E-state index contributed by atoms with van der Waals surface area (Å²) >= 11 is 0. The molecule has 0 aromatic carbocycles. The Balaban J connectivity index is 2.66. The van der Waals surface area contributed by atoms with Crippen LogP contribution in [0.2, 0.25) is 0 Å². The second kappa shape index (κ2) is 10.00. The number of esters is 1. The molecule has 0 fully saturated rings. The lowest BCUT2D eigenvalue weighted by Gasteiger charge is -2.18. The monoisotopic (exact) mass is 369 g/mol. The van der Waals surface area contributed by atoms with Crippen LogP contribution in [0.15, 0.2) is 13.6 Å². The molecule has 10 nitrogen and oxygen atoms in total. The molecule has 1 heterocycles. The molecule has 1 aromatic heterocycles. The van der Waals surface area contributed by atoms with Gasteiger partial charge in [-0.2, -0.15) is 0 Å². The third-order valence-corrected chi connectivity index (χ3v) is 3.01. The highest BCUT2D eigenvalue weighted by Gasteiger charge is 2.25. The topological polar surface area (TPSA) is 139 Å². The fourth-order valence-corrected chi connectivity index (χ4v) is 1.84. The molecule has 1 atom stereocenters. The summed E-state index contributed by atoms with van der Waals surface area (Å²) in [5, 5.41) is 2.32. The number of amides is 1. The SMILES string of the molecule is C=[N+]=CC(=O)CC[C@H](NC(=O)OCc1oc(=O)oc1C)C(=O)OC(C)C. The molecule has 0 radical (unpaired) electrons. The van der Waals surface area contributed by atoms with E-state index in [1.165, 1.54) is 6.92 Å². The first-order valence-corrected chi connectivity index (χ1v) is 7.78. The third kappa shape index (κ3) is 7.18. The van der Waals surface area contributed by atoms with Gasteiger partial charge in [0.1, 0.15) is 6.04 Å². The largest absolute Gasteiger partial charge is 0.519 e. The van der Waals surface area contributed by atoms with E-state index in [1.807, 2.05) is 0 Å². The lowest BCUT2D eigenvalue weighted by Crippen LogP contribution is -2.43. The fraction of sp³-hybridized carbons (Fsp3) is 0.500. The number of hydrogen-bond acceptors (Lipinski definition) is 8. The summed E-state index contributed by atoms with van der Waals surface area (Å²) < 4.78 is 22.6. The maximum absolute atomic E-state index is 12.1. The average molecular weight is 369 g/mol. The van der Waals surface area contributed by atoms with Gasteiger partial charge in [0.2, 0.25) is 5.78 Å². The van der Waals surface area contributed by atoms with Crippen LogP contribution >= 0.6 is 0 Å². The summed E-state index contributed by atoms with van der Waals surface area (Å²) in [7, 11) is 0. The number of nitrogens with one attached hydrogen (secondary N) is 1. The third-order valence-electron chi connectivity index (χ3n) is 3.01. The molecule has 142 valence electrons. The standard InChI is InChI=1S/C16H20N2O8/c1-9(2)24-14(20)12(6-5-11(19)7-17-4)18-15(21)23-8-13-10(3)25-16(22)26-13/h7,9,12H,4-6,8H2,1-3H3/p+1/t12-/m0/s1. The van der Waals surface area contributed by atoms with Crippen LogP contribution in [0.5, 0.6) is 0 Å². The van der Waals surface area contributed by atoms with E-state index in [1.54, 1.807) is 13.8 Å². The fourth-order valence-electron chi connectivity index (χ4n) is 1.84. The van der Waals surface area contributed by atoms with E-state index in [4.69, 9.17) is 13.9 Å². The predicted octanol–water partition coefficient (Wildman–Crippen LogP) is 0.276. The van der Waals surface area contributed by atoms with E-state index in [0.717, 1.165) is 6.21 Å². The molecule has 0 spiro atoms. The number of ketones is 1. The molecular formula is C16H21N2O8+. The van der Waals surface area contributed by atoms with Crippen molar-refractivity contribution in [1.82, 2.24) is 9.98 Å². The summed E-state index contributed by atoms with van der Waals surface area (Å²) in [6.07, 6.45) is -0.384. The van der Waals surface area contributed by atoms with Crippen molar-refractivity contribution < 1.29 is 32.7 Å². The molecule has 0 unspecified atom stereocenters. The lowest BCUT2D eigenvalue weighted by molar-refractivity contribution is -0.150. The van der Waals surface area contributed by atoms with Gasteiger partial charge >= 0.3 is 24.1 Å². The number of carbonyl (C=O) groups is 3. The van der Waals surface area contributed by atoms with Crippen molar-refractivity contribution in [2.45, 2.75) is 52.4 Å². The molecule has 0 aliphatic rings. The highest BCUT2D eigenvalue weighted by Crippen LogP contribution is 2.08. The number of hydrogen-bond donors (Lipinski definition) is 1. The summed E-state index contributed by atoms with van der Waals surface area (Å²) in [6.45, 7) is 7.58. The van der Waals surface area contributed by atoms with Gasteiger partial charge in [0.25, 0.3) is 6.72 Å². The first-order chi connectivity index (χ1) is 12.2. The Bertz CT molecular complexity index is 755. The molecule has 1 aromatic rings. The van der Waals surface area contributed by atoms with Crippen LogP contribution in [-0.2, 0) is 25.7 Å². The van der Waals surface area contributed by atoms with Crippen LogP contribution in [0.3, 0.4) is 0 Å². The summed E-state index contributed by atoms with van der Waals surface area (Å²) in [6, 6.07) is -1.09. The Kier molecular flexibility index (Phi) is 8.04. The van der Waals surface area contributed by atoms with Gasteiger partial charge in [0.15, 0.2) is 18.1 Å². The molecule has 26 heavy (non-hydrogen) atoms. The van der Waals surface area contributed by atoms with E-state index in [2.05, 4.69) is 21.1 Å². The molecule has 1 N–H and O–H groups in total. The molecule has 0 saturated heterocycles. The van der Waals surface area contributed by atoms with Crippen LogP contribution in [0.25, 0.3) is 0 Å². The second-order valence-electron chi connectivity index (χ2n) is 5.51. The summed E-state index contributed by atoms with van der Waals surface area (Å²) in [5.74, 6) is -1.74. The van der Waals surface area contributed by atoms with Gasteiger partial charge in [-0.25, -0.2) is 14.4 Å². The highest BCUT2D eigenvalue weighted by molar-refractivity contribution is 6.27. The maximum atomic E-state index is 12.1. The van der Waals surface area contributed by atoms with Gasteiger partial charge in [-0.15, -0.1) is 4.67 Å². The van der Waals surface area contributed by atoms with Crippen molar-refractivity contribution in [3.63, 3.8) is 0 Å². The zero-order valence-electron chi connectivity index (χ0n) is 14.8. The Morgan fingerprint density at radius 1 is 1.31 bits per heavy atom. The van der Waals surface area contributed by atoms with Crippen LogP contribution in [0.4, 0.5) is 4.79 Å². The second-order valence-corrected chi connectivity index (χ2v) is 5.51. The highest BCUT2D eigenvalue weighted by atomic mass is 16.6. The Labute approximate surface area is 148 Å². The van der Waals surface area contributed by atoms with E-state index < -0.39 is 30.0 Å². The van der Waals surface area contributed by atoms with Crippen LogP contribution in [0, 0.1) is 6.92 Å². The van der Waals surface area contributed by atoms with Gasteiger partial charge in [-0.05, 0) is 27.2 Å². The number of ether oxygens (including phenoxy) is 2. The van der Waals surface area contributed by atoms with E-state index in [-0.39, 0.29) is 36.8 Å². The first kappa shape index (κ1) is 20.9. The molecule has 0 bridgehead atoms. The molecule has 10 heteroatoms. The molecule has 1 rings (SSSR count). The van der Waals surface area contributed by atoms with Crippen LogP contribution in [0.1, 0.15) is 38.2 Å². The predicted molar refractivity (Wildman–Crippen MR) is 89.9 cm³/mol. The van der Waals surface area contributed by atoms with Crippen molar-refractivity contribution in [2.24, 2.45) is 0 Å². The lowest BCUT2D eigenvalue weighted by atomic mass is 10.1. The number of Topliss-reactive ketones (excluding diaryl/α,β-unsaturated/α-hetero) is 1. The van der Waals surface area contributed by atoms with E-state index >= 15 is 0 Å². The van der Waals surface area contributed by atoms with Gasteiger partial charge in [0, 0.05) is 6.42 Å². The molecule has 0 aliphatic heterocycles. The molecular weight excluding hydrogens is 348 g/mol. The zero-order chi connectivity index (χ0) is 19.7. The molecule has 1 amide bonds. The van der Waals surface area contributed by atoms with Crippen molar-refractivity contribution in [3.8, 4) is 0 Å². The Morgan fingerprint density at radius 3 is 2.54 bits per heavy atom. The van der Waals surface area contributed by atoms with Gasteiger partial charge in [0.05, 0.1) is 6.10 Å². The van der Waals surface area contributed by atoms with Crippen molar-refractivity contribution in [1.29, 1.82) is 0 Å².